The SMILES string of the molecule is C=C(C)C(=O)O.O=C1OCC(c2ccccc2)O1. The van der Waals surface area contributed by atoms with Gasteiger partial charge < -0.3 is 14.6 Å². The van der Waals surface area contributed by atoms with E-state index >= 15 is 0 Å². The van der Waals surface area contributed by atoms with Crippen molar-refractivity contribution in [3.05, 3.63) is 48.0 Å². The van der Waals surface area contributed by atoms with Crippen LogP contribution < -0.4 is 0 Å². The van der Waals surface area contributed by atoms with Crippen LogP contribution in [0.4, 0.5) is 4.79 Å². The van der Waals surface area contributed by atoms with Gasteiger partial charge in [0.15, 0.2) is 6.10 Å². The smallest absolute Gasteiger partial charge is 0.478 e. The quantitative estimate of drug-likeness (QED) is 0.645. The lowest BCUT2D eigenvalue weighted by Crippen LogP contribution is -1.99. The van der Waals surface area contributed by atoms with Gasteiger partial charge in [-0.25, -0.2) is 9.59 Å². The fraction of sp³-hybridized carbons (Fsp3) is 0.231. The Labute approximate surface area is 105 Å². The molecule has 1 aliphatic heterocycles. The van der Waals surface area contributed by atoms with Crippen LogP contribution in [0.25, 0.3) is 0 Å². The van der Waals surface area contributed by atoms with Crippen LogP contribution in [0.2, 0.25) is 0 Å². The zero-order valence-electron chi connectivity index (χ0n) is 9.96. The molecule has 0 radical (unpaired) electrons. The van der Waals surface area contributed by atoms with Gasteiger partial charge in [-0.2, -0.15) is 0 Å². The number of rotatable bonds is 2. The highest BCUT2D eigenvalue weighted by Gasteiger charge is 2.25. The number of carboxylic acids is 1. The Balaban J connectivity index is 0.000000232. The molecular formula is C13H14O5. The second-order valence-corrected chi connectivity index (χ2v) is 3.66. The monoisotopic (exact) mass is 250 g/mol. The Morgan fingerprint density at radius 1 is 1.39 bits per heavy atom. The highest BCUT2D eigenvalue weighted by molar-refractivity contribution is 5.84. The topological polar surface area (TPSA) is 72.8 Å². The molecule has 1 unspecified atom stereocenters. The molecule has 1 saturated heterocycles. The van der Waals surface area contributed by atoms with Crippen molar-refractivity contribution < 1.29 is 24.2 Å². The molecular weight excluding hydrogens is 236 g/mol. The van der Waals surface area contributed by atoms with E-state index in [-0.39, 0.29) is 11.7 Å². The van der Waals surface area contributed by atoms with Crippen molar-refractivity contribution in [1.82, 2.24) is 0 Å². The minimum Gasteiger partial charge on any atom is -0.478 e. The van der Waals surface area contributed by atoms with Gasteiger partial charge in [-0.15, -0.1) is 0 Å². The number of aliphatic carboxylic acids is 1. The molecule has 0 aromatic heterocycles. The minimum absolute atomic E-state index is 0.176. The Morgan fingerprint density at radius 2 is 1.94 bits per heavy atom. The van der Waals surface area contributed by atoms with E-state index in [9.17, 15) is 9.59 Å². The first kappa shape index (κ1) is 13.8. The summed E-state index contributed by atoms with van der Waals surface area (Å²) in [6.45, 7) is 4.92. The molecule has 96 valence electrons. The fourth-order valence-electron chi connectivity index (χ4n) is 1.16. The van der Waals surface area contributed by atoms with E-state index < -0.39 is 12.1 Å². The van der Waals surface area contributed by atoms with Gasteiger partial charge in [0, 0.05) is 5.57 Å². The number of carbonyl (C=O) groups excluding carboxylic acids is 1. The second-order valence-electron chi connectivity index (χ2n) is 3.66. The van der Waals surface area contributed by atoms with Crippen LogP contribution in [0.1, 0.15) is 18.6 Å². The molecule has 5 nitrogen and oxygen atoms in total. The second kappa shape index (κ2) is 6.44. The molecule has 1 aliphatic rings. The lowest BCUT2D eigenvalue weighted by Gasteiger charge is -2.04. The first-order valence-electron chi connectivity index (χ1n) is 5.28. The van der Waals surface area contributed by atoms with E-state index in [1.165, 1.54) is 6.92 Å². The fourth-order valence-corrected chi connectivity index (χ4v) is 1.16. The Kier molecular flexibility index (Phi) is 4.92. The van der Waals surface area contributed by atoms with Crippen molar-refractivity contribution in [3.8, 4) is 0 Å². The molecule has 1 heterocycles. The third kappa shape index (κ3) is 4.29. The summed E-state index contributed by atoms with van der Waals surface area (Å²) in [5.74, 6) is -0.935. The van der Waals surface area contributed by atoms with Gasteiger partial charge in [0.25, 0.3) is 0 Å². The number of hydrogen-bond acceptors (Lipinski definition) is 4. The predicted octanol–water partition coefficient (Wildman–Crippen LogP) is 2.54. The largest absolute Gasteiger partial charge is 0.509 e. The number of ether oxygens (including phenoxy) is 2. The van der Waals surface area contributed by atoms with Crippen molar-refractivity contribution >= 4 is 12.1 Å². The highest BCUT2D eigenvalue weighted by atomic mass is 16.8. The summed E-state index contributed by atoms with van der Waals surface area (Å²) in [5, 5.41) is 7.89. The highest BCUT2D eigenvalue weighted by Crippen LogP contribution is 2.22. The number of cyclic esters (lactones) is 2. The first-order valence-corrected chi connectivity index (χ1v) is 5.28. The van der Waals surface area contributed by atoms with E-state index in [0.29, 0.717) is 6.61 Å². The van der Waals surface area contributed by atoms with Gasteiger partial charge in [-0.1, -0.05) is 36.9 Å². The third-order valence-corrected chi connectivity index (χ3v) is 2.13. The number of carbonyl (C=O) groups is 2. The summed E-state index contributed by atoms with van der Waals surface area (Å²) < 4.78 is 9.54. The Morgan fingerprint density at radius 3 is 2.33 bits per heavy atom. The molecule has 0 saturated carbocycles. The molecule has 18 heavy (non-hydrogen) atoms. The summed E-state index contributed by atoms with van der Waals surface area (Å²) >= 11 is 0. The summed E-state index contributed by atoms with van der Waals surface area (Å²) in [7, 11) is 0. The number of hydrogen-bond donors (Lipinski definition) is 1. The zero-order valence-corrected chi connectivity index (χ0v) is 9.96. The minimum atomic E-state index is -0.935. The average molecular weight is 250 g/mol. The zero-order chi connectivity index (χ0) is 13.5. The van der Waals surface area contributed by atoms with Gasteiger partial charge in [0.2, 0.25) is 0 Å². The number of benzene rings is 1. The van der Waals surface area contributed by atoms with Crippen molar-refractivity contribution in [2.75, 3.05) is 6.61 Å². The summed E-state index contributed by atoms with van der Waals surface area (Å²) in [5.41, 5.74) is 1.15. The van der Waals surface area contributed by atoms with Crippen molar-refractivity contribution in [1.29, 1.82) is 0 Å². The van der Waals surface area contributed by atoms with Crippen molar-refractivity contribution in [2.45, 2.75) is 13.0 Å². The summed E-state index contributed by atoms with van der Waals surface area (Å²) in [4.78, 5) is 20.2. The molecule has 0 bridgehead atoms. The molecule has 2 rings (SSSR count). The molecule has 1 aromatic carbocycles. The normalized spacial score (nSPS) is 16.9. The third-order valence-electron chi connectivity index (χ3n) is 2.13. The Bertz CT molecular complexity index is 426. The lowest BCUT2D eigenvalue weighted by atomic mass is 10.1. The van der Waals surface area contributed by atoms with Crippen molar-refractivity contribution in [3.63, 3.8) is 0 Å². The van der Waals surface area contributed by atoms with Gasteiger partial charge in [0.1, 0.15) is 6.61 Å². The summed E-state index contributed by atoms with van der Waals surface area (Å²) in [6, 6.07) is 9.55. The maximum absolute atomic E-state index is 10.6. The van der Waals surface area contributed by atoms with E-state index in [2.05, 4.69) is 11.3 Å². The summed E-state index contributed by atoms with van der Waals surface area (Å²) in [6.07, 6.45) is -0.803. The maximum atomic E-state index is 10.6. The van der Waals surface area contributed by atoms with Crippen LogP contribution in [0.15, 0.2) is 42.5 Å². The van der Waals surface area contributed by atoms with Gasteiger partial charge >= 0.3 is 12.1 Å². The van der Waals surface area contributed by atoms with Crippen LogP contribution in [0.5, 0.6) is 0 Å². The van der Waals surface area contributed by atoms with Crippen LogP contribution in [0.3, 0.4) is 0 Å². The van der Waals surface area contributed by atoms with Gasteiger partial charge in [-0.3, -0.25) is 0 Å². The van der Waals surface area contributed by atoms with Crippen LogP contribution in [-0.2, 0) is 14.3 Å². The molecule has 1 fully saturated rings. The number of carboxylic acid groups (broad SMARTS) is 1. The van der Waals surface area contributed by atoms with Gasteiger partial charge in [-0.05, 0) is 12.5 Å². The van der Waals surface area contributed by atoms with Crippen LogP contribution in [-0.4, -0.2) is 23.8 Å². The average Bonchev–Trinajstić information content (AvgIpc) is 2.78. The van der Waals surface area contributed by atoms with Crippen LogP contribution in [0, 0.1) is 0 Å². The van der Waals surface area contributed by atoms with Crippen molar-refractivity contribution in [2.24, 2.45) is 0 Å². The lowest BCUT2D eigenvalue weighted by molar-refractivity contribution is -0.132. The van der Waals surface area contributed by atoms with Crippen LogP contribution >= 0.6 is 0 Å². The van der Waals surface area contributed by atoms with E-state index in [4.69, 9.17) is 9.84 Å². The molecule has 1 N–H and O–H groups in total. The van der Waals surface area contributed by atoms with E-state index in [1.807, 2.05) is 30.3 Å². The predicted molar refractivity (Wildman–Crippen MR) is 64.1 cm³/mol. The molecule has 0 aliphatic carbocycles. The molecule has 0 spiro atoms. The maximum Gasteiger partial charge on any atom is 0.509 e. The van der Waals surface area contributed by atoms with Gasteiger partial charge in [0.05, 0.1) is 0 Å². The van der Waals surface area contributed by atoms with E-state index in [0.717, 1.165) is 5.56 Å². The first-order chi connectivity index (χ1) is 8.50. The van der Waals surface area contributed by atoms with E-state index in [1.54, 1.807) is 0 Å². The molecule has 5 heteroatoms. The Hall–Kier alpha value is -2.30. The standard InChI is InChI=1S/C9H8O3.C4H6O2/c10-9-11-6-8(12-9)7-4-2-1-3-5-7;1-3(2)4(5)6/h1-5,8H,6H2;1H2,2H3,(H,5,6). The molecule has 1 atom stereocenters. The molecule has 1 aromatic rings. The molecule has 0 amide bonds.